The van der Waals surface area contributed by atoms with Crippen LogP contribution in [-0.4, -0.2) is 0 Å². The summed E-state index contributed by atoms with van der Waals surface area (Å²) in [6.07, 6.45) is 0. The van der Waals surface area contributed by atoms with E-state index in [9.17, 15) is 8.78 Å². The monoisotopic (exact) mass is 299 g/mol. The number of hydrogen-bond donors (Lipinski definition) is 1. The van der Waals surface area contributed by atoms with Gasteiger partial charge in [0, 0.05) is 6.07 Å². The van der Waals surface area contributed by atoms with Crippen molar-refractivity contribution < 1.29 is 13.5 Å². The van der Waals surface area contributed by atoms with E-state index in [1.807, 2.05) is 0 Å². The van der Waals surface area contributed by atoms with Gasteiger partial charge in [-0.1, -0.05) is 0 Å². The normalized spacial score (nSPS) is 10.3. The molecule has 0 aliphatic carbocycles. The molecule has 0 fully saturated rings. The van der Waals surface area contributed by atoms with Gasteiger partial charge in [0.05, 0.1) is 10.2 Å². The van der Waals surface area contributed by atoms with Gasteiger partial charge in [0.1, 0.15) is 17.4 Å². The molecule has 17 heavy (non-hydrogen) atoms. The van der Waals surface area contributed by atoms with Gasteiger partial charge in [0.25, 0.3) is 0 Å². The van der Waals surface area contributed by atoms with Gasteiger partial charge in [0.2, 0.25) is 0 Å². The Morgan fingerprint density at radius 2 is 1.59 bits per heavy atom. The Bertz CT molecular complexity index is 560. The second-order valence-electron chi connectivity index (χ2n) is 3.36. The van der Waals surface area contributed by atoms with Crippen molar-refractivity contribution in [1.29, 1.82) is 0 Å². The first-order valence-electron chi connectivity index (χ1n) is 4.74. The van der Waals surface area contributed by atoms with E-state index in [-0.39, 0.29) is 5.75 Å². The summed E-state index contributed by atoms with van der Waals surface area (Å²) in [4.78, 5) is 0. The molecule has 2 rings (SSSR count). The van der Waals surface area contributed by atoms with Crippen LogP contribution in [0, 0.1) is 11.6 Å². The average Bonchev–Trinajstić information content (AvgIpc) is 2.27. The second kappa shape index (κ2) is 4.71. The molecule has 0 unspecified atom stereocenters. The summed E-state index contributed by atoms with van der Waals surface area (Å²) in [5, 5.41) is 0. The molecule has 0 radical (unpaired) electrons. The van der Waals surface area contributed by atoms with Crippen molar-refractivity contribution in [3.05, 3.63) is 52.5 Å². The standard InChI is InChI=1S/C12H8BrF2NO/c13-9-5-7(14)2-4-11(9)17-12-6-8(15)1-3-10(12)16/h1-6H,16H2. The van der Waals surface area contributed by atoms with Gasteiger partial charge in [-0.2, -0.15) is 0 Å². The number of ether oxygens (including phenoxy) is 1. The fourth-order valence-corrected chi connectivity index (χ4v) is 1.70. The Hall–Kier alpha value is -1.62. The van der Waals surface area contributed by atoms with Crippen LogP contribution in [0.5, 0.6) is 11.5 Å². The SMILES string of the molecule is Nc1ccc(F)cc1Oc1ccc(F)cc1Br. The summed E-state index contributed by atoms with van der Waals surface area (Å²) in [5.41, 5.74) is 5.94. The van der Waals surface area contributed by atoms with Gasteiger partial charge < -0.3 is 10.5 Å². The molecule has 5 heteroatoms. The lowest BCUT2D eigenvalue weighted by molar-refractivity contribution is 0.474. The Morgan fingerprint density at radius 3 is 2.29 bits per heavy atom. The Morgan fingerprint density at radius 1 is 0.941 bits per heavy atom. The zero-order valence-electron chi connectivity index (χ0n) is 8.58. The molecule has 88 valence electrons. The van der Waals surface area contributed by atoms with Gasteiger partial charge >= 0.3 is 0 Å². The van der Waals surface area contributed by atoms with E-state index in [1.165, 1.54) is 36.4 Å². The van der Waals surface area contributed by atoms with Crippen LogP contribution in [0.2, 0.25) is 0 Å². The highest BCUT2D eigenvalue weighted by Gasteiger charge is 2.07. The molecule has 0 bridgehead atoms. The van der Waals surface area contributed by atoms with Crippen molar-refractivity contribution in [3.8, 4) is 11.5 Å². The van der Waals surface area contributed by atoms with E-state index in [0.717, 1.165) is 0 Å². The highest BCUT2D eigenvalue weighted by Crippen LogP contribution is 2.33. The van der Waals surface area contributed by atoms with Crippen LogP contribution in [0.4, 0.5) is 14.5 Å². The van der Waals surface area contributed by atoms with Crippen LogP contribution in [-0.2, 0) is 0 Å². The average molecular weight is 300 g/mol. The molecule has 0 saturated carbocycles. The summed E-state index contributed by atoms with van der Waals surface area (Å²) in [6.45, 7) is 0. The van der Waals surface area contributed by atoms with Gasteiger partial charge in [-0.05, 0) is 46.3 Å². The molecule has 0 aliphatic rings. The number of nitrogens with two attached hydrogens (primary N) is 1. The van der Waals surface area contributed by atoms with Crippen molar-refractivity contribution in [2.45, 2.75) is 0 Å². The Balaban J connectivity index is 2.34. The summed E-state index contributed by atoms with van der Waals surface area (Å²) >= 11 is 3.15. The van der Waals surface area contributed by atoms with E-state index in [4.69, 9.17) is 10.5 Å². The van der Waals surface area contributed by atoms with Crippen LogP contribution in [0.25, 0.3) is 0 Å². The molecule has 0 aliphatic heterocycles. The largest absolute Gasteiger partial charge is 0.454 e. The van der Waals surface area contributed by atoms with E-state index >= 15 is 0 Å². The van der Waals surface area contributed by atoms with Crippen LogP contribution < -0.4 is 10.5 Å². The molecule has 0 aromatic heterocycles. The quantitative estimate of drug-likeness (QED) is 0.847. The Labute approximate surface area is 105 Å². The molecule has 2 aromatic carbocycles. The molecule has 2 nitrogen and oxygen atoms in total. The predicted molar refractivity (Wildman–Crippen MR) is 65.0 cm³/mol. The maximum absolute atomic E-state index is 13.0. The maximum Gasteiger partial charge on any atom is 0.153 e. The predicted octanol–water partition coefficient (Wildman–Crippen LogP) is 4.10. The van der Waals surface area contributed by atoms with Crippen molar-refractivity contribution in [3.63, 3.8) is 0 Å². The first-order chi connectivity index (χ1) is 8.06. The third-order valence-electron chi connectivity index (χ3n) is 2.09. The highest BCUT2D eigenvalue weighted by molar-refractivity contribution is 9.10. The molecule has 0 heterocycles. The van der Waals surface area contributed by atoms with Crippen LogP contribution in [0.1, 0.15) is 0 Å². The molecule has 0 amide bonds. The lowest BCUT2D eigenvalue weighted by atomic mass is 10.3. The molecular weight excluding hydrogens is 292 g/mol. The second-order valence-corrected chi connectivity index (χ2v) is 4.21. The molecule has 0 saturated heterocycles. The Kier molecular flexibility index (Phi) is 3.28. The summed E-state index contributed by atoms with van der Waals surface area (Å²) in [6, 6.07) is 7.75. The highest BCUT2D eigenvalue weighted by atomic mass is 79.9. The van der Waals surface area contributed by atoms with E-state index in [1.54, 1.807) is 0 Å². The number of halogens is 3. The summed E-state index contributed by atoms with van der Waals surface area (Å²) in [5.74, 6) is -0.287. The van der Waals surface area contributed by atoms with Gasteiger partial charge in [-0.15, -0.1) is 0 Å². The number of nitrogen functional groups attached to an aromatic ring is 1. The summed E-state index contributed by atoms with van der Waals surface area (Å²) in [7, 11) is 0. The van der Waals surface area contributed by atoms with Gasteiger partial charge in [0.15, 0.2) is 5.75 Å². The van der Waals surface area contributed by atoms with Gasteiger partial charge in [-0.3, -0.25) is 0 Å². The molecule has 2 N–H and O–H groups in total. The smallest absolute Gasteiger partial charge is 0.153 e. The fourth-order valence-electron chi connectivity index (χ4n) is 1.27. The molecular formula is C12H8BrF2NO. The fraction of sp³-hybridized carbons (Fsp3) is 0. The number of rotatable bonds is 2. The number of hydrogen-bond acceptors (Lipinski definition) is 2. The zero-order valence-corrected chi connectivity index (χ0v) is 10.2. The van der Waals surface area contributed by atoms with Crippen molar-refractivity contribution in [2.75, 3.05) is 5.73 Å². The minimum Gasteiger partial charge on any atom is -0.454 e. The third kappa shape index (κ3) is 2.74. The minimum atomic E-state index is -0.451. The van der Waals surface area contributed by atoms with Crippen LogP contribution in [0.3, 0.4) is 0 Å². The first-order valence-corrected chi connectivity index (χ1v) is 5.53. The van der Waals surface area contributed by atoms with Crippen molar-refractivity contribution in [2.24, 2.45) is 0 Å². The van der Waals surface area contributed by atoms with E-state index < -0.39 is 11.6 Å². The zero-order chi connectivity index (χ0) is 12.4. The summed E-state index contributed by atoms with van der Waals surface area (Å²) < 4.78 is 31.7. The topological polar surface area (TPSA) is 35.2 Å². The minimum absolute atomic E-state index is 0.192. The lowest BCUT2D eigenvalue weighted by Gasteiger charge is -2.09. The maximum atomic E-state index is 13.0. The van der Waals surface area contributed by atoms with Crippen molar-refractivity contribution >= 4 is 21.6 Å². The van der Waals surface area contributed by atoms with Crippen molar-refractivity contribution in [1.82, 2.24) is 0 Å². The molecule has 0 spiro atoms. The third-order valence-corrected chi connectivity index (χ3v) is 2.71. The van der Waals surface area contributed by atoms with Gasteiger partial charge in [-0.25, -0.2) is 8.78 Å². The van der Waals surface area contributed by atoms with Crippen LogP contribution in [0.15, 0.2) is 40.9 Å². The van der Waals surface area contributed by atoms with Crippen LogP contribution >= 0.6 is 15.9 Å². The lowest BCUT2D eigenvalue weighted by Crippen LogP contribution is -1.93. The van der Waals surface area contributed by atoms with E-state index in [2.05, 4.69) is 15.9 Å². The molecule has 2 aromatic rings. The van der Waals surface area contributed by atoms with E-state index in [0.29, 0.717) is 15.9 Å². The number of benzene rings is 2. The molecule has 0 atom stereocenters. The first kappa shape index (κ1) is 11.9. The number of anilines is 1.